The van der Waals surface area contributed by atoms with Gasteiger partial charge < -0.3 is 4.57 Å². The normalized spacial score (nSPS) is 12.6. The molecule has 2 heteroatoms. The predicted molar refractivity (Wildman–Crippen MR) is 60.7 cm³/mol. The van der Waals surface area contributed by atoms with Crippen LogP contribution in [0.2, 0.25) is 0 Å². The molecule has 0 N–H and O–H groups in total. The molecule has 2 nitrogen and oxygen atoms in total. The Balaban J connectivity index is 3.29. The molecule has 0 spiro atoms. The minimum Gasteiger partial charge on any atom is -0.335 e. The largest absolute Gasteiger partial charge is 0.335 e. The standard InChI is InChI=1S/C12H22N2/c1-8(2)10-9(3)14(7)11(13-10)12(4,5)6/h8H,1-7H3. The predicted octanol–water partition coefficient (Wildman–Crippen LogP) is 3.15. The minimum absolute atomic E-state index is 0.132. The summed E-state index contributed by atoms with van der Waals surface area (Å²) in [4.78, 5) is 4.74. The maximum atomic E-state index is 4.74. The third kappa shape index (κ3) is 1.84. The van der Waals surface area contributed by atoms with Crippen molar-refractivity contribution in [2.45, 2.75) is 52.9 Å². The Morgan fingerprint density at radius 2 is 1.71 bits per heavy atom. The van der Waals surface area contributed by atoms with E-state index in [1.807, 2.05) is 0 Å². The van der Waals surface area contributed by atoms with E-state index in [1.54, 1.807) is 0 Å². The molecule has 0 aliphatic carbocycles. The lowest BCUT2D eigenvalue weighted by Gasteiger charge is -2.17. The molecule has 80 valence electrons. The van der Waals surface area contributed by atoms with E-state index in [9.17, 15) is 0 Å². The zero-order valence-electron chi connectivity index (χ0n) is 10.5. The second kappa shape index (κ2) is 3.41. The number of hydrogen-bond acceptors (Lipinski definition) is 1. The molecule has 0 saturated carbocycles. The average Bonchev–Trinajstić information content (AvgIpc) is 2.28. The molecule has 0 atom stereocenters. The van der Waals surface area contributed by atoms with Crippen LogP contribution in [0.5, 0.6) is 0 Å². The molecule has 0 aromatic carbocycles. The number of hydrogen-bond donors (Lipinski definition) is 0. The van der Waals surface area contributed by atoms with E-state index in [0.717, 1.165) is 0 Å². The molecule has 0 aliphatic rings. The van der Waals surface area contributed by atoms with Crippen molar-refractivity contribution in [2.24, 2.45) is 7.05 Å². The van der Waals surface area contributed by atoms with Crippen LogP contribution in [0.25, 0.3) is 0 Å². The topological polar surface area (TPSA) is 17.8 Å². The highest BCUT2D eigenvalue weighted by Crippen LogP contribution is 2.26. The summed E-state index contributed by atoms with van der Waals surface area (Å²) in [6.07, 6.45) is 0. The zero-order valence-corrected chi connectivity index (χ0v) is 10.5. The van der Waals surface area contributed by atoms with Crippen molar-refractivity contribution in [1.82, 2.24) is 9.55 Å². The van der Waals surface area contributed by atoms with Gasteiger partial charge in [-0.1, -0.05) is 34.6 Å². The SMILES string of the molecule is Cc1c(C(C)C)nc(C(C)(C)C)n1C. The first-order valence-corrected chi connectivity index (χ1v) is 5.29. The van der Waals surface area contributed by atoms with Crippen LogP contribution >= 0.6 is 0 Å². The molecule has 1 aromatic rings. The molecule has 0 fully saturated rings. The van der Waals surface area contributed by atoms with Gasteiger partial charge in [-0.2, -0.15) is 0 Å². The molecule has 0 amide bonds. The van der Waals surface area contributed by atoms with E-state index in [-0.39, 0.29) is 5.41 Å². The van der Waals surface area contributed by atoms with Crippen LogP contribution in [0.3, 0.4) is 0 Å². The molecule has 0 saturated heterocycles. The Hall–Kier alpha value is -0.790. The summed E-state index contributed by atoms with van der Waals surface area (Å²) in [7, 11) is 2.11. The van der Waals surface area contributed by atoms with E-state index in [0.29, 0.717) is 5.92 Å². The maximum Gasteiger partial charge on any atom is 0.114 e. The van der Waals surface area contributed by atoms with E-state index >= 15 is 0 Å². The quantitative estimate of drug-likeness (QED) is 0.671. The van der Waals surface area contributed by atoms with Gasteiger partial charge >= 0.3 is 0 Å². The van der Waals surface area contributed by atoms with Gasteiger partial charge in [0.15, 0.2) is 0 Å². The highest BCUT2D eigenvalue weighted by Gasteiger charge is 2.23. The first kappa shape index (κ1) is 11.3. The van der Waals surface area contributed by atoms with Crippen molar-refractivity contribution in [3.63, 3.8) is 0 Å². The summed E-state index contributed by atoms with van der Waals surface area (Å²) in [6.45, 7) is 13.2. The van der Waals surface area contributed by atoms with Crippen molar-refractivity contribution >= 4 is 0 Å². The van der Waals surface area contributed by atoms with Gasteiger partial charge in [-0.15, -0.1) is 0 Å². The van der Waals surface area contributed by atoms with Gasteiger partial charge in [0.2, 0.25) is 0 Å². The van der Waals surface area contributed by atoms with Crippen LogP contribution in [-0.2, 0) is 12.5 Å². The Morgan fingerprint density at radius 1 is 1.21 bits per heavy atom. The molecular formula is C12H22N2. The van der Waals surface area contributed by atoms with Crippen molar-refractivity contribution in [2.75, 3.05) is 0 Å². The van der Waals surface area contributed by atoms with Gasteiger partial charge in [-0.3, -0.25) is 0 Å². The van der Waals surface area contributed by atoms with Gasteiger partial charge in [0, 0.05) is 18.2 Å². The summed E-state index contributed by atoms with van der Waals surface area (Å²) < 4.78 is 2.22. The Morgan fingerprint density at radius 3 is 1.93 bits per heavy atom. The average molecular weight is 194 g/mol. The second-order valence-corrected chi connectivity index (χ2v) is 5.37. The lowest BCUT2D eigenvalue weighted by molar-refractivity contribution is 0.519. The van der Waals surface area contributed by atoms with Crippen LogP contribution < -0.4 is 0 Å². The van der Waals surface area contributed by atoms with Gasteiger partial charge in [-0.05, 0) is 12.8 Å². The van der Waals surface area contributed by atoms with Crippen LogP contribution in [-0.4, -0.2) is 9.55 Å². The van der Waals surface area contributed by atoms with Crippen LogP contribution in [0.4, 0.5) is 0 Å². The lowest BCUT2D eigenvalue weighted by atomic mass is 9.96. The van der Waals surface area contributed by atoms with Gasteiger partial charge in [0.25, 0.3) is 0 Å². The Labute approximate surface area is 87.4 Å². The van der Waals surface area contributed by atoms with Gasteiger partial charge in [-0.25, -0.2) is 4.98 Å². The van der Waals surface area contributed by atoms with Gasteiger partial charge in [0.05, 0.1) is 5.69 Å². The number of aromatic nitrogens is 2. The zero-order chi connectivity index (χ0) is 11.1. The summed E-state index contributed by atoms with van der Waals surface area (Å²) in [6, 6.07) is 0. The number of nitrogens with zero attached hydrogens (tertiary/aromatic N) is 2. The molecule has 14 heavy (non-hydrogen) atoms. The number of rotatable bonds is 1. The van der Waals surface area contributed by atoms with Crippen molar-refractivity contribution in [1.29, 1.82) is 0 Å². The Kier molecular flexibility index (Phi) is 2.75. The molecule has 0 aliphatic heterocycles. The second-order valence-electron chi connectivity index (χ2n) is 5.37. The molecule has 0 unspecified atom stereocenters. The highest BCUT2D eigenvalue weighted by molar-refractivity contribution is 5.21. The molecule has 1 aromatic heterocycles. The smallest absolute Gasteiger partial charge is 0.114 e. The van der Waals surface area contributed by atoms with Crippen LogP contribution in [0, 0.1) is 6.92 Å². The van der Waals surface area contributed by atoms with E-state index in [4.69, 9.17) is 4.98 Å². The molecule has 1 rings (SSSR count). The fourth-order valence-corrected chi connectivity index (χ4v) is 1.82. The van der Waals surface area contributed by atoms with E-state index in [2.05, 4.69) is 53.2 Å². The summed E-state index contributed by atoms with van der Waals surface area (Å²) in [5.74, 6) is 1.69. The van der Waals surface area contributed by atoms with Gasteiger partial charge in [0.1, 0.15) is 5.82 Å². The molecule has 0 radical (unpaired) electrons. The van der Waals surface area contributed by atoms with E-state index < -0.39 is 0 Å². The number of imidazole rings is 1. The summed E-state index contributed by atoms with van der Waals surface area (Å²) in [5, 5.41) is 0. The van der Waals surface area contributed by atoms with Crippen molar-refractivity contribution in [3.05, 3.63) is 17.2 Å². The summed E-state index contributed by atoms with van der Waals surface area (Å²) in [5.41, 5.74) is 2.66. The van der Waals surface area contributed by atoms with Crippen molar-refractivity contribution in [3.8, 4) is 0 Å². The third-order valence-corrected chi connectivity index (χ3v) is 2.64. The lowest BCUT2D eigenvalue weighted by Crippen LogP contribution is -2.17. The third-order valence-electron chi connectivity index (χ3n) is 2.64. The summed E-state index contributed by atoms with van der Waals surface area (Å²) >= 11 is 0. The van der Waals surface area contributed by atoms with Crippen LogP contribution in [0.15, 0.2) is 0 Å². The first-order valence-electron chi connectivity index (χ1n) is 5.29. The van der Waals surface area contributed by atoms with Crippen molar-refractivity contribution < 1.29 is 0 Å². The molecule has 1 heterocycles. The minimum atomic E-state index is 0.132. The highest BCUT2D eigenvalue weighted by atomic mass is 15.1. The molecular weight excluding hydrogens is 172 g/mol. The maximum absolute atomic E-state index is 4.74. The van der Waals surface area contributed by atoms with Crippen LogP contribution in [0.1, 0.15) is 57.7 Å². The monoisotopic (exact) mass is 194 g/mol. The fourth-order valence-electron chi connectivity index (χ4n) is 1.82. The first-order chi connectivity index (χ1) is 6.25. The van der Waals surface area contributed by atoms with E-state index in [1.165, 1.54) is 17.2 Å². The fraction of sp³-hybridized carbons (Fsp3) is 0.750. The Bertz CT molecular complexity index is 327. The molecule has 0 bridgehead atoms.